The smallest absolute Gasteiger partial charge is 0.256 e. The van der Waals surface area contributed by atoms with Crippen LogP contribution in [0.25, 0.3) is 0 Å². The summed E-state index contributed by atoms with van der Waals surface area (Å²) >= 11 is 0. The molecule has 0 aliphatic carbocycles. The van der Waals surface area contributed by atoms with Crippen LogP contribution >= 0.6 is 0 Å². The Labute approximate surface area is 225 Å². The first kappa shape index (κ1) is 23.3. The summed E-state index contributed by atoms with van der Waals surface area (Å²) in [7, 11) is 0. The van der Waals surface area contributed by atoms with E-state index in [4.69, 9.17) is 14.2 Å². The Morgan fingerprint density at radius 2 is 1.69 bits per heavy atom. The number of ether oxygens (including phenoxy) is 3. The molecule has 0 radical (unpaired) electrons. The number of aryl methyl sites for hydroxylation is 2. The minimum Gasteiger partial charge on any atom is -0.491 e. The Morgan fingerprint density at radius 1 is 0.923 bits per heavy atom. The molecule has 1 aromatic heterocycles. The van der Waals surface area contributed by atoms with E-state index in [0.717, 1.165) is 33.6 Å². The Balaban J connectivity index is 1.16. The van der Waals surface area contributed by atoms with Gasteiger partial charge in [-0.05, 0) is 66.9 Å². The van der Waals surface area contributed by atoms with E-state index in [0.29, 0.717) is 35.2 Å². The fraction of sp³-hybridized carbons (Fsp3) is 0.194. The van der Waals surface area contributed by atoms with E-state index in [2.05, 4.69) is 10.3 Å². The lowest BCUT2D eigenvalue weighted by molar-refractivity contribution is -0.122. The number of carbonyl (C=O) groups excluding carboxylic acids is 2. The number of benzene rings is 3. The molecule has 194 valence electrons. The summed E-state index contributed by atoms with van der Waals surface area (Å²) in [5, 5.41) is 2.86. The van der Waals surface area contributed by atoms with Gasteiger partial charge in [-0.15, -0.1) is 0 Å². The van der Waals surface area contributed by atoms with E-state index in [9.17, 15) is 9.59 Å². The van der Waals surface area contributed by atoms with Gasteiger partial charge in [0.05, 0.1) is 6.54 Å². The first-order valence-electron chi connectivity index (χ1n) is 12.8. The van der Waals surface area contributed by atoms with Crippen molar-refractivity contribution in [1.29, 1.82) is 0 Å². The Hall–Kier alpha value is -4.85. The van der Waals surface area contributed by atoms with Crippen LogP contribution in [0.4, 0.5) is 11.5 Å². The lowest BCUT2D eigenvalue weighted by Crippen LogP contribution is -2.42. The summed E-state index contributed by atoms with van der Waals surface area (Å²) in [4.78, 5) is 33.2. The van der Waals surface area contributed by atoms with Crippen LogP contribution in [0.1, 0.15) is 38.3 Å². The standard InChI is InChI=1S/C31H25N3O5/c1-18-11-19(2)32-28(12-18)33-29(35)21-9-7-20(8-10-21)15-34-24-6-4-3-5-22(24)31(30(34)36)16-37-25-14-27-26(13-23(25)31)38-17-39-27/h3-14H,15-17H2,1-2H3,(H,32,33,35). The van der Waals surface area contributed by atoms with Gasteiger partial charge in [0.15, 0.2) is 11.5 Å². The minimum absolute atomic E-state index is 0.0518. The lowest BCUT2D eigenvalue weighted by Gasteiger charge is -2.23. The van der Waals surface area contributed by atoms with Crippen molar-refractivity contribution in [2.75, 3.05) is 23.6 Å². The van der Waals surface area contributed by atoms with Crippen molar-refractivity contribution in [2.45, 2.75) is 25.8 Å². The number of para-hydroxylation sites is 1. The van der Waals surface area contributed by atoms with Crippen molar-refractivity contribution in [3.05, 3.63) is 106 Å². The van der Waals surface area contributed by atoms with Crippen molar-refractivity contribution >= 4 is 23.3 Å². The van der Waals surface area contributed by atoms with Gasteiger partial charge in [0.2, 0.25) is 12.7 Å². The highest BCUT2D eigenvalue weighted by atomic mass is 16.7. The number of nitrogens with zero attached hydrogens (tertiary/aromatic N) is 2. The number of carbonyl (C=O) groups is 2. The molecule has 2 amide bonds. The maximum atomic E-state index is 14.2. The molecule has 1 spiro atoms. The number of nitrogens with one attached hydrogen (secondary N) is 1. The molecular formula is C31H25N3O5. The summed E-state index contributed by atoms with van der Waals surface area (Å²) < 4.78 is 17.2. The van der Waals surface area contributed by atoms with Crippen molar-refractivity contribution in [1.82, 2.24) is 4.98 Å². The lowest BCUT2D eigenvalue weighted by atomic mass is 9.77. The number of fused-ring (bicyclic) bond motifs is 5. The maximum absolute atomic E-state index is 14.2. The molecule has 1 N–H and O–H groups in total. The quantitative estimate of drug-likeness (QED) is 0.412. The zero-order valence-corrected chi connectivity index (χ0v) is 21.5. The van der Waals surface area contributed by atoms with E-state index in [-0.39, 0.29) is 25.2 Å². The molecule has 4 heterocycles. The highest BCUT2D eigenvalue weighted by molar-refractivity contribution is 6.11. The van der Waals surface area contributed by atoms with Crippen LogP contribution in [0.2, 0.25) is 0 Å². The van der Waals surface area contributed by atoms with Gasteiger partial charge in [-0.25, -0.2) is 4.98 Å². The molecule has 3 aliphatic heterocycles. The third-order valence-corrected chi connectivity index (χ3v) is 7.54. The maximum Gasteiger partial charge on any atom is 0.256 e. The van der Waals surface area contributed by atoms with Gasteiger partial charge in [-0.2, -0.15) is 0 Å². The molecule has 39 heavy (non-hydrogen) atoms. The number of amides is 2. The number of pyridine rings is 1. The minimum atomic E-state index is -0.953. The van der Waals surface area contributed by atoms with Crippen LogP contribution in [0, 0.1) is 13.8 Å². The molecule has 1 atom stereocenters. The Morgan fingerprint density at radius 3 is 2.49 bits per heavy atom. The monoisotopic (exact) mass is 519 g/mol. The highest BCUT2D eigenvalue weighted by Crippen LogP contribution is 2.55. The number of hydrogen-bond donors (Lipinski definition) is 1. The second-order valence-corrected chi connectivity index (χ2v) is 10.1. The molecule has 3 aliphatic rings. The van der Waals surface area contributed by atoms with Gasteiger partial charge in [0, 0.05) is 28.6 Å². The SMILES string of the molecule is Cc1cc(C)nc(NC(=O)c2ccc(CN3C(=O)C4(COc5cc6c(cc54)OCO6)c4ccccc43)cc2)c1. The number of aromatic nitrogens is 1. The first-order valence-corrected chi connectivity index (χ1v) is 12.8. The zero-order chi connectivity index (χ0) is 26.7. The summed E-state index contributed by atoms with van der Waals surface area (Å²) in [5.41, 5.74) is 4.88. The van der Waals surface area contributed by atoms with Crippen molar-refractivity contribution in [2.24, 2.45) is 0 Å². The molecule has 0 saturated carbocycles. The second kappa shape index (κ2) is 8.59. The number of anilines is 2. The van der Waals surface area contributed by atoms with E-state index < -0.39 is 5.41 Å². The molecule has 3 aromatic carbocycles. The zero-order valence-electron chi connectivity index (χ0n) is 21.5. The van der Waals surface area contributed by atoms with Crippen molar-refractivity contribution in [3.63, 3.8) is 0 Å². The van der Waals surface area contributed by atoms with E-state index in [1.807, 2.05) is 74.5 Å². The van der Waals surface area contributed by atoms with Crippen LogP contribution in [0.15, 0.2) is 72.8 Å². The van der Waals surface area contributed by atoms with Crippen LogP contribution in [0.3, 0.4) is 0 Å². The number of rotatable bonds is 4. The molecule has 8 heteroatoms. The predicted molar refractivity (Wildman–Crippen MR) is 145 cm³/mol. The van der Waals surface area contributed by atoms with Gasteiger partial charge < -0.3 is 24.4 Å². The average Bonchev–Trinajstić information content (AvgIpc) is 3.60. The van der Waals surface area contributed by atoms with Gasteiger partial charge in [-0.3, -0.25) is 9.59 Å². The third-order valence-electron chi connectivity index (χ3n) is 7.54. The summed E-state index contributed by atoms with van der Waals surface area (Å²) in [6.45, 7) is 4.58. The van der Waals surface area contributed by atoms with Crippen LogP contribution in [0.5, 0.6) is 17.2 Å². The van der Waals surface area contributed by atoms with Gasteiger partial charge in [-0.1, -0.05) is 30.3 Å². The fourth-order valence-electron chi connectivity index (χ4n) is 5.76. The molecular weight excluding hydrogens is 494 g/mol. The van der Waals surface area contributed by atoms with E-state index in [1.54, 1.807) is 17.0 Å². The summed E-state index contributed by atoms with van der Waals surface area (Å²) in [6, 6.07) is 22.6. The average molecular weight is 520 g/mol. The third kappa shape index (κ3) is 3.63. The van der Waals surface area contributed by atoms with Gasteiger partial charge >= 0.3 is 0 Å². The Kier molecular flexibility index (Phi) is 5.13. The second-order valence-electron chi connectivity index (χ2n) is 10.1. The summed E-state index contributed by atoms with van der Waals surface area (Å²) in [5.74, 6) is 2.11. The van der Waals surface area contributed by atoms with Gasteiger partial charge in [0.25, 0.3) is 5.91 Å². The van der Waals surface area contributed by atoms with E-state index >= 15 is 0 Å². The Bertz CT molecular complexity index is 1650. The normalized spacial score (nSPS) is 18.2. The topological polar surface area (TPSA) is 90.0 Å². The van der Waals surface area contributed by atoms with Crippen molar-refractivity contribution in [3.8, 4) is 17.2 Å². The number of hydrogen-bond acceptors (Lipinski definition) is 6. The van der Waals surface area contributed by atoms with Crippen LogP contribution < -0.4 is 24.4 Å². The first-order chi connectivity index (χ1) is 18.9. The fourth-order valence-corrected chi connectivity index (χ4v) is 5.76. The van der Waals surface area contributed by atoms with Gasteiger partial charge in [0.1, 0.15) is 23.6 Å². The molecule has 1 unspecified atom stereocenters. The van der Waals surface area contributed by atoms with Crippen LogP contribution in [-0.4, -0.2) is 30.2 Å². The molecule has 7 rings (SSSR count). The summed E-state index contributed by atoms with van der Waals surface area (Å²) in [6.07, 6.45) is 0. The van der Waals surface area contributed by atoms with E-state index in [1.165, 1.54) is 0 Å². The largest absolute Gasteiger partial charge is 0.491 e. The highest BCUT2D eigenvalue weighted by Gasteiger charge is 2.57. The van der Waals surface area contributed by atoms with Crippen LogP contribution in [-0.2, 0) is 16.8 Å². The molecule has 0 saturated heterocycles. The molecule has 0 bridgehead atoms. The molecule has 8 nitrogen and oxygen atoms in total. The van der Waals surface area contributed by atoms with Crippen molar-refractivity contribution < 1.29 is 23.8 Å². The molecule has 4 aromatic rings. The molecule has 0 fully saturated rings. The predicted octanol–water partition coefficient (Wildman–Crippen LogP) is 4.90.